The molecule has 3 aromatic carbocycles. The monoisotopic (exact) mass is 572 g/mol. The van der Waals surface area contributed by atoms with E-state index in [-0.39, 0.29) is 33.6 Å². The van der Waals surface area contributed by atoms with Gasteiger partial charge in [0.2, 0.25) is 0 Å². The molecule has 3 aromatic rings. The Kier molecular flexibility index (Phi) is 7.42. The molecule has 1 aliphatic rings. The number of halogens is 3. The molecular weight excluding hydrogens is 554 g/mol. The molecule has 0 saturated heterocycles. The van der Waals surface area contributed by atoms with Crippen LogP contribution in [-0.4, -0.2) is 48.3 Å². The SMILES string of the molecule is CS(=O)(=O)OC[C@H]1CN(S(=O)(=O)c2ccc(F)cc2)c2cc(NC(=O)c3c(F)cccc3Cl)ccc2O1. The van der Waals surface area contributed by atoms with Gasteiger partial charge in [0.1, 0.15) is 30.1 Å². The Balaban J connectivity index is 1.72. The Labute approximate surface area is 216 Å². The van der Waals surface area contributed by atoms with Gasteiger partial charge >= 0.3 is 0 Å². The smallest absolute Gasteiger partial charge is 0.264 e. The van der Waals surface area contributed by atoms with Crippen LogP contribution in [0.1, 0.15) is 10.4 Å². The number of hydrogen-bond donors (Lipinski definition) is 1. The van der Waals surface area contributed by atoms with Crippen molar-refractivity contribution in [2.75, 3.05) is 29.0 Å². The van der Waals surface area contributed by atoms with Gasteiger partial charge in [-0.2, -0.15) is 8.42 Å². The van der Waals surface area contributed by atoms with Gasteiger partial charge in [0.05, 0.1) is 34.0 Å². The van der Waals surface area contributed by atoms with Gasteiger partial charge in [-0.25, -0.2) is 17.2 Å². The molecule has 0 spiro atoms. The number of sulfonamides is 1. The first kappa shape index (κ1) is 26.8. The summed E-state index contributed by atoms with van der Waals surface area (Å²) in [6.07, 6.45) is -0.178. The molecule has 1 amide bonds. The molecule has 9 nitrogen and oxygen atoms in total. The zero-order chi connectivity index (χ0) is 27.0. The highest BCUT2D eigenvalue weighted by atomic mass is 35.5. The third-order valence-corrected chi connectivity index (χ3v) is 7.88. The molecule has 0 bridgehead atoms. The van der Waals surface area contributed by atoms with Crippen LogP contribution in [0.3, 0.4) is 0 Å². The van der Waals surface area contributed by atoms with Crippen LogP contribution in [0.2, 0.25) is 5.02 Å². The highest BCUT2D eigenvalue weighted by molar-refractivity contribution is 7.92. The summed E-state index contributed by atoms with van der Waals surface area (Å²) in [5.41, 5.74) is -0.305. The van der Waals surface area contributed by atoms with Crippen molar-refractivity contribution >= 4 is 49.0 Å². The van der Waals surface area contributed by atoms with Crippen molar-refractivity contribution in [3.8, 4) is 5.75 Å². The summed E-state index contributed by atoms with van der Waals surface area (Å²) in [6, 6.07) is 11.9. The molecule has 4 rings (SSSR count). The molecule has 1 atom stereocenters. The van der Waals surface area contributed by atoms with Crippen molar-refractivity contribution < 1.29 is 39.3 Å². The van der Waals surface area contributed by atoms with E-state index in [9.17, 15) is 30.4 Å². The lowest BCUT2D eigenvalue weighted by atomic mass is 10.1. The molecule has 196 valence electrons. The van der Waals surface area contributed by atoms with E-state index >= 15 is 0 Å². The minimum Gasteiger partial charge on any atom is -0.484 e. The molecule has 14 heteroatoms. The van der Waals surface area contributed by atoms with Gasteiger partial charge in [0.15, 0.2) is 0 Å². The number of anilines is 2. The minimum atomic E-state index is -4.30. The highest BCUT2D eigenvalue weighted by Crippen LogP contribution is 2.39. The fraction of sp³-hybridized carbons (Fsp3) is 0.174. The van der Waals surface area contributed by atoms with E-state index in [1.807, 2.05) is 0 Å². The lowest BCUT2D eigenvalue weighted by Gasteiger charge is -2.35. The third-order valence-electron chi connectivity index (χ3n) is 5.21. The maximum absolute atomic E-state index is 14.2. The van der Waals surface area contributed by atoms with Gasteiger partial charge in [-0.1, -0.05) is 17.7 Å². The zero-order valence-corrected chi connectivity index (χ0v) is 21.4. The highest BCUT2D eigenvalue weighted by Gasteiger charge is 2.35. The predicted molar refractivity (Wildman–Crippen MR) is 132 cm³/mol. The molecule has 0 saturated carbocycles. The second-order valence-electron chi connectivity index (χ2n) is 7.95. The van der Waals surface area contributed by atoms with Gasteiger partial charge < -0.3 is 10.1 Å². The first-order chi connectivity index (χ1) is 17.3. The topological polar surface area (TPSA) is 119 Å². The number of nitrogens with one attached hydrogen (secondary N) is 1. The quantitative estimate of drug-likeness (QED) is 0.428. The number of hydrogen-bond acceptors (Lipinski definition) is 7. The van der Waals surface area contributed by atoms with Crippen molar-refractivity contribution in [3.05, 3.63) is 82.9 Å². The van der Waals surface area contributed by atoms with Crippen molar-refractivity contribution in [2.24, 2.45) is 0 Å². The van der Waals surface area contributed by atoms with Crippen molar-refractivity contribution in [1.82, 2.24) is 0 Å². The Morgan fingerprint density at radius 2 is 1.81 bits per heavy atom. The molecule has 37 heavy (non-hydrogen) atoms. The number of ether oxygens (including phenoxy) is 1. The number of carbonyl (C=O) groups excluding carboxylic acids is 1. The van der Waals surface area contributed by atoms with Crippen molar-refractivity contribution in [3.63, 3.8) is 0 Å². The zero-order valence-electron chi connectivity index (χ0n) is 19.0. The lowest BCUT2D eigenvalue weighted by molar-refractivity contribution is 0.102. The average Bonchev–Trinajstić information content (AvgIpc) is 2.82. The van der Waals surface area contributed by atoms with E-state index in [1.54, 1.807) is 0 Å². The number of nitrogens with zero attached hydrogens (tertiary/aromatic N) is 1. The molecule has 0 fully saturated rings. The molecule has 0 aromatic heterocycles. The summed E-state index contributed by atoms with van der Waals surface area (Å²) in [6.45, 7) is -0.837. The van der Waals surface area contributed by atoms with E-state index in [0.29, 0.717) is 0 Å². The second kappa shape index (κ2) is 10.2. The summed E-state index contributed by atoms with van der Waals surface area (Å²) >= 11 is 5.96. The maximum atomic E-state index is 14.2. The Bertz CT molecular complexity index is 1550. The third kappa shape index (κ3) is 6.01. The summed E-state index contributed by atoms with van der Waals surface area (Å²) in [5, 5.41) is 2.35. The predicted octanol–water partition coefficient (Wildman–Crippen LogP) is 3.80. The number of amides is 1. The van der Waals surface area contributed by atoms with Crippen LogP contribution < -0.4 is 14.4 Å². The number of benzene rings is 3. The van der Waals surface area contributed by atoms with Gasteiger partial charge in [-0.15, -0.1) is 0 Å². The van der Waals surface area contributed by atoms with E-state index in [0.717, 1.165) is 40.9 Å². The summed E-state index contributed by atoms with van der Waals surface area (Å²) < 4.78 is 88.9. The van der Waals surface area contributed by atoms with Crippen LogP contribution in [0.4, 0.5) is 20.2 Å². The molecule has 0 radical (unpaired) electrons. The van der Waals surface area contributed by atoms with Crippen LogP contribution >= 0.6 is 11.6 Å². The lowest BCUT2D eigenvalue weighted by Crippen LogP contribution is -2.45. The van der Waals surface area contributed by atoms with Crippen molar-refractivity contribution in [1.29, 1.82) is 0 Å². The number of fused-ring (bicyclic) bond motifs is 1. The van der Waals surface area contributed by atoms with Crippen LogP contribution in [0, 0.1) is 11.6 Å². The van der Waals surface area contributed by atoms with Crippen molar-refractivity contribution in [2.45, 2.75) is 11.0 Å². The van der Waals surface area contributed by atoms with Gasteiger partial charge in [0, 0.05) is 5.69 Å². The first-order valence-corrected chi connectivity index (χ1v) is 14.2. The summed E-state index contributed by atoms with van der Waals surface area (Å²) in [4.78, 5) is 12.4. The van der Waals surface area contributed by atoms with E-state index in [2.05, 4.69) is 5.32 Å². The first-order valence-electron chi connectivity index (χ1n) is 10.5. The van der Waals surface area contributed by atoms with E-state index < -0.39 is 56.0 Å². The van der Waals surface area contributed by atoms with Crippen LogP contribution in [0.15, 0.2) is 65.6 Å². The molecule has 1 heterocycles. The van der Waals surface area contributed by atoms with Gasteiger partial charge in [-0.05, 0) is 54.6 Å². The number of rotatable bonds is 7. The van der Waals surface area contributed by atoms with Crippen LogP contribution in [0.5, 0.6) is 5.75 Å². The van der Waals surface area contributed by atoms with E-state index in [4.69, 9.17) is 20.5 Å². The second-order valence-corrected chi connectivity index (χ2v) is 11.9. The van der Waals surface area contributed by atoms with E-state index in [1.165, 1.54) is 30.3 Å². The molecular formula is C23H19ClF2N2O7S2. The molecule has 1 N–H and O–H groups in total. The normalized spacial score (nSPS) is 15.6. The Hall–Kier alpha value is -3.26. The summed E-state index contributed by atoms with van der Waals surface area (Å²) in [5.74, 6) is -2.31. The minimum absolute atomic E-state index is 0.00244. The van der Waals surface area contributed by atoms with Gasteiger partial charge in [0.25, 0.3) is 26.0 Å². The standard InChI is InChI=1S/C23H19ClF2N2O7S2/c1-36(30,31)34-13-16-12-28(37(32,33)17-8-5-14(25)6-9-17)20-11-15(7-10-21(20)35-16)27-23(29)22-18(24)3-2-4-19(22)26/h2-11,16H,12-13H2,1H3,(H,27,29)/t16-/m1/s1. The number of carbonyl (C=O) groups is 1. The fourth-order valence-corrected chi connectivity index (χ4v) is 5.69. The maximum Gasteiger partial charge on any atom is 0.264 e. The van der Waals surface area contributed by atoms with Crippen LogP contribution in [-0.2, 0) is 24.3 Å². The van der Waals surface area contributed by atoms with Crippen LogP contribution in [0.25, 0.3) is 0 Å². The van der Waals surface area contributed by atoms with Gasteiger partial charge in [-0.3, -0.25) is 13.3 Å². The molecule has 0 aliphatic carbocycles. The fourth-order valence-electron chi connectivity index (χ4n) is 3.55. The average molecular weight is 573 g/mol. The summed E-state index contributed by atoms with van der Waals surface area (Å²) in [7, 11) is -8.14. The molecule has 1 aliphatic heterocycles. The molecule has 0 unspecified atom stereocenters. The Morgan fingerprint density at radius 1 is 1.11 bits per heavy atom. The Morgan fingerprint density at radius 3 is 2.46 bits per heavy atom. The largest absolute Gasteiger partial charge is 0.484 e.